The largest absolute Gasteiger partial charge is 0.329 e. The molecule has 2 aromatic rings. The monoisotopic (exact) mass is 407 g/mol. The standard InChI is InChI=1S/C23H25N3O4/c1-14(27)17-8-5-15(6-9-17)3-4-16-7-10-18-20(13-16)25(2)23(30)26(18)19-11-12-21(28)24-22(19)29/h7,10,13,15,17,19H,5-6,8-9,11-12H2,1-2H3,(H,24,28,29)/t15-,17-,19?. The highest BCUT2D eigenvalue weighted by molar-refractivity contribution is 6.00. The summed E-state index contributed by atoms with van der Waals surface area (Å²) in [5.41, 5.74) is 1.89. The van der Waals surface area contributed by atoms with E-state index in [1.165, 1.54) is 9.13 Å². The number of rotatable bonds is 2. The molecule has 1 aromatic carbocycles. The molecular formula is C23H25N3O4. The number of Topliss-reactive ketones (excluding diaryl/α,β-unsaturated/α-hetero) is 1. The smallest absolute Gasteiger partial charge is 0.300 e. The minimum Gasteiger partial charge on any atom is -0.300 e. The summed E-state index contributed by atoms with van der Waals surface area (Å²) in [6.45, 7) is 1.66. The van der Waals surface area contributed by atoms with Crippen molar-refractivity contribution in [2.45, 2.75) is 51.5 Å². The molecule has 0 bridgehead atoms. The van der Waals surface area contributed by atoms with E-state index in [1.807, 2.05) is 18.2 Å². The minimum absolute atomic E-state index is 0.181. The zero-order valence-electron chi connectivity index (χ0n) is 17.2. The van der Waals surface area contributed by atoms with E-state index in [-0.39, 0.29) is 35.6 Å². The van der Waals surface area contributed by atoms with Crippen LogP contribution < -0.4 is 11.0 Å². The van der Waals surface area contributed by atoms with Crippen molar-refractivity contribution in [3.05, 3.63) is 34.2 Å². The SMILES string of the molecule is CC(=O)[C@H]1CC[C@H](C#Cc2ccc3c(c2)n(C)c(=O)n3C2CCC(=O)NC2=O)CC1. The number of piperidine rings is 1. The molecule has 1 aromatic heterocycles. The van der Waals surface area contributed by atoms with Crippen molar-refractivity contribution in [1.82, 2.24) is 14.5 Å². The van der Waals surface area contributed by atoms with Crippen LogP contribution >= 0.6 is 0 Å². The van der Waals surface area contributed by atoms with Crippen LogP contribution in [0.15, 0.2) is 23.0 Å². The maximum Gasteiger partial charge on any atom is 0.329 e. The van der Waals surface area contributed by atoms with E-state index < -0.39 is 11.9 Å². The van der Waals surface area contributed by atoms with Gasteiger partial charge in [0.1, 0.15) is 11.8 Å². The van der Waals surface area contributed by atoms with Gasteiger partial charge in [0.15, 0.2) is 0 Å². The molecule has 1 unspecified atom stereocenters. The number of nitrogens with one attached hydrogen (secondary N) is 1. The highest BCUT2D eigenvalue weighted by Crippen LogP contribution is 2.29. The predicted molar refractivity (Wildman–Crippen MR) is 112 cm³/mol. The van der Waals surface area contributed by atoms with Crippen molar-refractivity contribution in [2.75, 3.05) is 0 Å². The van der Waals surface area contributed by atoms with Crippen LogP contribution in [0.2, 0.25) is 0 Å². The fourth-order valence-corrected chi connectivity index (χ4v) is 4.50. The van der Waals surface area contributed by atoms with Gasteiger partial charge in [-0.25, -0.2) is 4.79 Å². The molecule has 156 valence electrons. The highest BCUT2D eigenvalue weighted by atomic mass is 16.2. The summed E-state index contributed by atoms with van der Waals surface area (Å²) in [5, 5.41) is 2.32. The average molecular weight is 407 g/mol. The Balaban J connectivity index is 1.60. The first kappa shape index (κ1) is 20.1. The van der Waals surface area contributed by atoms with E-state index in [9.17, 15) is 19.2 Å². The Morgan fingerprint density at radius 2 is 1.80 bits per heavy atom. The Morgan fingerprint density at radius 3 is 2.47 bits per heavy atom. The Labute approximate surface area is 174 Å². The molecule has 1 aliphatic heterocycles. The van der Waals surface area contributed by atoms with Gasteiger partial charge in [-0.3, -0.25) is 28.8 Å². The highest BCUT2D eigenvalue weighted by Gasteiger charge is 2.31. The fourth-order valence-electron chi connectivity index (χ4n) is 4.50. The van der Waals surface area contributed by atoms with Crippen LogP contribution in [0.5, 0.6) is 0 Å². The quantitative estimate of drug-likeness (QED) is 0.610. The zero-order valence-corrected chi connectivity index (χ0v) is 17.2. The number of aryl methyl sites for hydroxylation is 1. The Kier molecular flexibility index (Phi) is 5.33. The molecule has 1 saturated carbocycles. The van der Waals surface area contributed by atoms with Crippen LogP contribution in [-0.2, 0) is 21.4 Å². The summed E-state index contributed by atoms with van der Waals surface area (Å²) in [7, 11) is 1.67. The number of amides is 2. The first-order chi connectivity index (χ1) is 14.3. The maximum atomic E-state index is 12.8. The number of nitrogens with zero attached hydrogens (tertiary/aromatic N) is 2. The second-order valence-electron chi connectivity index (χ2n) is 8.31. The number of carbonyl (C=O) groups is 3. The molecule has 0 radical (unpaired) electrons. The number of hydrogen-bond acceptors (Lipinski definition) is 4. The molecular weight excluding hydrogens is 382 g/mol. The molecule has 1 saturated heterocycles. The van der Waals surface area contributed by atoms with Crippen molar-refractivity contribution in [2.24, 2.45) is 18.9 Å². The van der Waals surface area contributed by atoms with Crippen LogP contribution in [-0.4, -0.2) is 26.7 Å². The topological polar surface area (TPSA) is 90.2 Å². The van der Waals surface area contributed by atoms with Gasteiger partial charge in [-0.15, -0.1) is 0 Å². The lowest BCUT2D eigenvalue weighted by Gasteiger charge is -2.23. The summed E-state index contributed by atoms with van der Waals surface area (Å²) in [5.74, 6) is 6.53. The molecule has 7 nitrogen and oxygen atoms in total. The van der Waals surface area contributed by atoms with Gasteiger partial charge in [-0.05, 0) is 57.2 Å². The number of benzene rings is 1. The van der Waals surface area contributed by atoms with Crippen LogP contribution in [0, 0.1) is 23.7 Å². The Morgan fingerprint density at radius 1 is 1.07 bits per heavy atom. The van der Waals surface area contributed by atoms with E-state index in [4.69, 9.17) is 0 Å². The number of imide groups is 1. The van der Waals surface area contributed by atoms with Crippen molar-refractivity contribution in [1.29, 1.82) is 0 Å². The third-order valence-electron chi connectivity index (χ3n) is 6.33. The van der Waals surface area contributed by atoms with Crippen LogP contribution in [0.3, 0.4) is 0 Å². The first-order valence-corrected chi connectivity index (χ1v) is 10.4. The summed E-state index contributed by atoms with van der Waals surface area (Å²) in [6.07, 6.45) is 4.20. The van der Waals surface area contributed by atoms with Gasteiger partial charge in [0.2, 0.25) is 11.8 Å². The van der Waals surface area contributed by atoms with Crippen LogP contribution in [0.25, 0.3) is 11.0 Å². The van der Waals surface area contributed by atoms with Gasteiger partial charge in [0, 0.05) is 30.9 Å². The van der Waals surface area contributed by atoms with E-state index in [0.29, 0.717) is 17.5 Å². The summed E-state index contributed by atoms with van der Waals surface area (Å²) in [4.78, 5) is 48.0. The Bertz CT molecular complexity index is 1150. The molecule has 7 heteroatoms. The number of fused-ring (bicyclic) bond motifs is 1. The zero-order chi connectivity index (χ0) is 21.4. The van der Waals surface area contributed by atoms with Crippen molar-refractivity contribution in [3.8, 4) is 11.8 Å². The first-order valence-electron chi connectivity index (χ1n) is 10.4. The minimum atomic E-state index is -0.688. The van der Waals surface area contributed by atoms with Crippen LogP contribution in [0.1, 0.15) is 57.1 Å². The van der Waals surface area contributed by atoms with Gasteiger partial charge in [-0.2, -0.15) is 0 Å². The number of carbonyl (C=O) groups excluding carboxylic acids is 3. The van der Waals surface area contributed by atoms with Crippen molar-refractivity contribution < 1.29 is 14.4 Å². The molecule has 2 aliphatic rings. The molecule has 0 spiro atoms. The number of aromatic nitrogens is 2. The van der Waals surface area contributed by atoms with Gasteiger partial charge >= 0.3 is 5.69 Å². The van der Waals surface area contributed by atoms with Crippen molar-refractivity contribution in [3.63, 3.8) is 0 Å². The second-order valence-corrected chi connectivity index (χ2v) is 8.31. The maximum absolute atomic E-state index is 12.8. The van der Waals surface area contributed by atoms with Crippen molar-refractivity contribution >= 4 is 28.6 Å². The number of hydrogen-bond donors (Lipinski definition) is 1. The molecule has 4 rings (SSSR count). The molecule has 1 atom stereocenters. The van der Waals surface area contributed by atoms with E-state index in [1.54, 1.807) is 14.0 Å². The average Bonchev–Trinajstić information content (AvgIpc) is 2.97. The molecule has 1 aliphatic carbocycles. The number of imidazole rings is 1. The van der Waals surface area contributed by atoms with Gasteiger partial charge in [0.05, 0.1) is 11.0 Å². The van der Waals surface area contributed by atoms with Crippen LogP contribution in [0.4, 0.5) is 0 Å². The summed E-state index contributed by atoms with van der Waals surface area (Å²) in [6, 6.07) is 4.86. The molecule has 2 fully saturated rings. The molecule has 2 heterocycles. The molecule has 1 N–H and O–H groups in total. The van der Waals surface area contributed by atoms with E-state index in [2.05, 4.69) is 17.2 Å². The lowest BCUT2D eigenvalue weighted by Crippen LogP contribution is -2.44. The fraction of sp³-hybridized carbons (Fsp3) is 0.478. The second kappa shape index (κ2) is 7.94. The lowest BCUT2D eigenvalue weighted by atomic mass is 9.80. The lowest BCUT2D eigenvalue weighted by molar-refractivity contribution is -0.135. The third-order valence-corrected chi connectivity index (χ3v) is 6.33. The van der Waals surface area contributed by atoms with E-state index >= 15 is 0 Å². The summed E-state index contributed by atoms with van der Waals surface area (Å²) >= 11 is 0. The van der Waals surface area contributed by atoms with E-state index in [0.717, 1.165) is 31.2 Å². The molecule has 30 heavy (non-hydrogen) atoms. The van der Waals surface area contributed by atoms with Gasteiger partial charge < -0.3 is 0 Å². The predicted octanol–water partition coefficient (Wildman–Crippen LogP) is 2.06. The normalized spacial score (nSPS) is 24.3. The Hall–Kier alpha value is -3.14. The van der Waals surface area contributed by atoms with Gasteiger partial charge in [0.25, 0.3) is 0 Å². The third kappa shape index (κ3) is 3.70. The van der Waals surface area contributed by atoms with Gasteiger partial charge in [-0.1, -0.05) is 11.8 Å². The summed E-state index contributed by atoms with van der Waals surface area (Å²) < 4.78 is 2.99. The number of ketones is 1. The molecule has 2 amide bonds.